The molecule has 2 aliphatic rings. The zero-order valence-electron chi connectivity index (χ0n) is 22.4. The van der Waals surface area contributed by atoms with E-state index in [0.29, 0.717) is 0 Å². The third-order valence-corrected chi connectivity index (χ3v) is 9.42. The van der Waals surface area contributed by atoms with Crippen LogP contribution in [0, 0.1) is 0 Å². The third-order valence-electron chi connectivity index (χ3n) is 9.42. The van der Waals surface area contributed by atoms with Gasteiger partial charge in [-0.15, -0.1) is 0 Å². The summed E-state index contributed by atoms with van der Waals surface area (Å²) in [5, 5.41) is 5.57. The second-order valence-corrected chi connectivity index (χ2v) is 12.2. The SMILES string of the molecule is CC1(C)c2cc(-c3ccccc3)ccc2-c2ccc(-c3cc4c5c(ccc6cccc(c65)C4(C)C)c3)cc21. The highest BCUT2D eigenvalue weighted by Gasteiger charge is 2.37. The Morgan fingerprint density at radius 3 is 1.66 bits per heavy atom. The van der Waals surface area contributed by atoms with Crippen LogP contribution in [0.5, 0.6) is 0 Å². The van der Waals surface area contributed by atoms with Crippen molar-refractivity contribution in [2.75, 3.05) is 0 Å². The minimum absolute atomic E-state index is 0.00245. The Morgan fingerprint density at radius 1 is 0.368 bits per heavy atom. The molecule has 182 valence electrons. The largest absolute Gasteiger partial charge is 0.0622 e. The zero-order valence-corrected chi connectivity index (χ0v) is 22.4. The van der Waals surface area contributed by atoms with E-state index in [2.05, 4.69) is 137 Å². The summed E-state index contributed by atoms with van der Waals surface area (Å²) in [6.07, 6.45) is 0. The first kappa shape index (κ1) is 21.9. The van der Waals surface area contributed by atoms with Crippen LogP contribution in [0.25, 0.3) is 54.9 Å². The Morgan fingerprint density at radius 2 is 0.947 bits per heavy atom. The van der Waals surface area contributed by atoms with Gasteiger partial charge in [-0.1, -0.05) is 113 Å². The van der Waals surface area contributed by atoms with E-state index in [1.807, 2.05) is 0 Å². The van der Waals surface area contributed by atoms with Crippen molar-refractivity contribution < 1.29 is 0 Å². The molecule has 2 aliphatic carbocycles. The molecule has 0 aliphatic heterocycles. The molecule has 0 atom stereocenters. The molecule has 0 bridgehead atoms. The monoisotopic (exact) mass is 486 g/mol. The second kappa shape index (κ2) is 7.23. The Labute approximate surface area is 224 Å². The Kier molecular flexibility index (Phi) is 4.17. The highest BCUT2D eigenvalue weighted by Crippen LogP contribution is 2.52. The summed E-state index contributed by atoms with van der Waals surface area (Å²) in [6, 6.07) is 41.1. The molecule has 0 heterocycles. The van der Waals surface area contributed by atoms with Crippen molar-refractivity contribution in [3.63, 3.8) is 0 Å². The zero-order chi connectivity index (χ0) is 25.8. The molecule has 0 fully saturated rings. The predicted molar refractivity (Wildman–Crippen MR) is 162 cm³/mol. The smallest absolute Gasteiger partial charge is 0.0159 e. The van der Waals surface area contributed by atoms with E-state index in [1.165, 1.54) is 77.2 Å². The van der Waals surface area contributed by atoms with Gasteiger partial charge in [0.1, 0.15) is 0 Å². The van der Waals surface area contributed by atoms with Gasteiger partial charge in [0.05, 0.1) is 0 Å². The summed E-state index contributed by atoms with van der Waals surface area (Å²) in [6.45, 7) is 9.53. The van der Waals surface area contributed by atoms with Crippen LogP contribution in [-0.4, -0.2) is 0 Å². The normalized spacial score (nSPS) is 15.8. The lowest BCUT2D eigenvalue weighted by molar-refractivity contribution is 0.660. The molecule has 0 spiro atoms. The van der Waals surface area contributed by atoms with E-state index in [1.54, 1.807) is 0 Å². The first-order chi connectivity index (χ1) is 18.3. The van der Waals surface area contributed by atoms with Gasteiger partial charge in [0, 0.05) is 10.8 Å². The van der Waals surface area contributed by atoms with Crippen LogP contribution >= 0.6 is 0 Å². The van der Waals surface area contributed by atoms with Crippen LogP contribution in [-0.2, 0) is 10.8 Å². The summed E-state index contributed by atoms with van der Waals surface area (Å²) in [4.78, 5) is 0. The van der Waals surface area contributed by atoms with Crippen molar-refractivity contribution >= 4 is 21.5 Å². The molecule has 0 heteroatoms. The maximum absolute atomic E-state index is 2.46. The van der Waals surface area contributed by atoms with Gasteiger partial charge in [0.2, 0.25) is 0 Å². The first-order valence-electron chi connectivity index (χ1n) is 13.7. The maximum Gasteiger partial charge on any atom is 0.0159 e. The molecule has 6 aromatic carbocycles. The molecule has 8 rings (SSSR count). The van der Waals surface area contributed by atoms with Gasteiger partial charge in [0.15, 0.2) is 0 Å². The quantitative estimate of drug-likeness (QED) is 0.214. The summed E-state index contributed by atoms with van der Waals surface area (Å²) in [7, 11) is 0. The van der Waals surface area contributed by atoms with Gasteiger partial charge in [0.25, 0.3) is 0 Å². The van der Waals surface area contributed by atoms with E-state index in [-0.39, 0.29) is 10.8 Å². The van der Waals surface area contributed by atoms with Crippen LogP contribution in [0.15, 0.2) is 109 Å². The Balaban J connectivity index is 1.29. The van der Waals surface area contributed by atoms with Crippen molar-refractivity contribution in [2.45, 2.75) is 38.5 Å². The lowest BCUT2D eigenvalue weighted by Crippen LogP contribution is -2.15. The summed E-state index contributed by atoms with van der Waals surface area (Å²) in [5.41, 5.74) is 13.6. The molecule has 0 radical (unpaired) electrons. The highest BCUT2D eigenvalue weighted by molar-refractivity contribution is 6.15. The lowest BCUT2D eigenvalue weighted by atomic mass is 9.79. The molecule has 6 aromatic rings. The molecule has 0 amide bonds. The number of hydrogen-bond donors (Lipinski definition) is 0. The van der Waals surface area contributed by atoms with E-state index >= 15 is 0 Å². The van der Waals surface area contributed by atoms with Crippen molar-refractivity contribution in [1.82, 2.24) is 0 Å². The van der Waals surface area contributed by atoms with Crippen molar-refractivity contribution in [2.24, 2.45) is 0 Å². The molecule has 0 unspecified atom stereocenters. The van der Waals surface area contributed by atoms with Crippen LogP contribution in [0.2, 0.25) is 0 Å². The third kappa shape index (κ3) is 2.76. The molecule has 0 aromatic heterocycles. The van der Waals surface area contributed by atoms with Crippen LogP contribution in [0.1, 0.15) is 49.9 Å². The minimum atomic E-state index is -0.0548. The van der Waals surface area contributed by atoms with Crippen molar-refractivity contribution in [3.8, 4) is 33.4 Å². The van der Waals surface area contributed by atoms with E-state index < -0.39 is 0 Å². The number of rotatable bonds is 2. The summed E-state index contributed by atoms with van der Waals surface area (Å²) in [5.74, 6) is 0. The van der Waals surface area contributed by atoms with E-state index in [9.17, 15) is 0 Å². The molecule has 0 N–H and O–H groups in total. The Bertz CT molecular complexity index is 1950. The fourth-order valence-corrected chi connectivity index (χ4v) is 7.30. The van der Waals surface area contributed by atoms with Gasteiger partial charge in [-0.3, -0.25) is 0 Å². The molecular weight excluding hydrogens is 456 g/mol. The molecule has 0 saturated heterocycles. The van der Waals surface area contributed by atoms with Crippen molar-refractivity contribution in [3.05, 3.63) is 131 Å². The van der Waals surface area contributed by atoms with Gasteiger partial charge in [-0.05, 0) is 101 Å². The van der Waals surface area contributed by atoms with Gasteiger partial charge >= 0.3 is 0 Å². The average Bonchev–Trinajstić information content (AvgIpc) is 3.32. The lowest BCUT2D eigenvalue weighted by Gasteiger charge is -2.24. The average molecular weight is 487 g/mol. The summed E-state index contributed by atoms with van der Waals surface area (Å²) >= 11 is 0. The second-order valence-electron chi connectivity index (χ2n) is 12.2. The predicted octanol–water partition coefficient (Wildman–Crippen LogP) is 10.3. The van der Waals surface area contributed by atoms with E-state index in [0.717, 1.165) is 0 Å². The minimum Gasteiger partial charge on any atom is -0.0622 e. The fourth-order valence-electron chi connectivity index (χ4n) is 7.30. The summed E-state index contributed by atoms with van der Waals surface area (Å²) < 4.78 is 0. The van der Waals surface area contributed by atoms with Crippen LogP contribution in [0.4, 0.5) is 0 Å². The molecule has 0 saturated carbocycles. The van der Waals surface area contributed by atoms with Gasteiger partial charge < -0.3 is 0 Å². The molecule has 0 nitrogen and oxygen atoms in total. The maximum atomic E-state index is 2.46. The highest BCUT2D eigenvalue weighted by atomic mass is 14.4. The van der Waals surface area contributed by atoms with Gasteiger partial charge in [-0.2, -0.15) is 0 Å². The molecule has 38 heavy (non-hydrogen) atoms. The van der Waals surface area contributed by atoms with E-state index in [4.69, 9.17) is 0 Å². The van der Waals surface area contributed by atoms with Crippen LogP contribution < -0.4 is 0 Å². The topological polar surface area (TPSA) is 0 Å². The number of hydrogen-bond acceptors (Lipinski definition) is 0. The van der Waals surface area contributed by atoms with Crippen molar-refractivity contribution in [1.29, 1.82) is 0 Å². The number of benzene rings is 6. The number of fused-ring (bicyclic) bond motifs is 3. The van der Waals surface area contributed by atoms with Crippen LogP contribution in [0.3, 0.4) is 0 Å². The Hall–Kier alpha value is -4.16. The fraction of sp³-hybridized carbons (Fsp3) is 0.158. The van der Waals surface area contributed by atoms with Gasteiger partial charge in [-0.25, -0.2) is 0 Å². The molecular formula is C38H30. The standard InChI is InChI=1S/C38H30/c1-37(2)31-12-8-11-24-13-14-27-19-28(22-34(37)36(27)35(24)31)26-16-18-30-29-17-15-25(23-9-6-5-7-10-23)20-32(29)38(3,4)33(30)21-26/h5-22H,1-4H3. The first-order valence-corrected chi connectivity index (χ1v) is 13.7.